The predicted octanol–water partition coefficient (Wildman–Crippen LogP) is 1.55. The molecule has 1 fully saturated rings. The van der Waals surface area contributed by atoms with Gasteiger partial charge in [-0.1, -0.05) is 6.07 Å². The molecule has 0 saturated carbocycles. The predicted molar refractivity (Wildman–Crippen MR) is 63.4 cm³/mol. The molecule has 0 atom stereocenters. The van der Waals surface area contributed by atoms with Gasteiger partial charge < -0.3 is 0 Å². The topological polar surface area (TPSA) is 58.6 Å². The van der Waals surface area contributed by atoms with Crippen molar-refractivity contribution in [2.75, 3.05) is 6.54 Å². The largest absolute Gasteiger partial charge is 0.348 e. The van der Waals surface area contributed by atoms with Gasteiger partial charge in [0.15, 0.2) is 5.60 Å². The summed E-state index contributed by atoms with van der Waals surface area (Å²) in [5.74, 6) is -0.308. The monoisotopic (exact) mass is 254 g/mol. The molecule has 1 aromatic rings. The minimum Gasteiger partial charge on any atom is -0.271 e. The highest BCUT2D eigenvalue weighted by Gasteiger charge is 2.41. The van der Waals surface area contributed by atoms with Crippen molar-refractivity contribution in [2.24, 2.45) is 0 Å². The van der Waals surface area contributed by atoms with Gasteiger partial charge in [-0.05, 0) is 31.7 Å². The van der Waals surface area contributed by atoms with Crippen LogP contribution in [0.25, 0.3) is 0 Å². The molecule has 17 heavy (non-hydrogen) atoms. The summed E-state index contributed by atoms with van der Waals surface area (Å²) >= 11 is 1.61. The lowest BCUT2D eigenvalue weighted by atomic mass is 10.1. The molecule has 3 amide bonds. The van der Waals surface area contributed by atoms with Crippen LogP contribution in [0.2, 0.25) is 0 Å². The Morgan fingerprint density at radius 1 is 1.47 bits per heavy atom. The van der Waals surface area contributed by atoms with Crippen LogP contribution in [-0.4, -0.2) is 29.0 Å². The number of thiophene rings is 1. The Labute approximate surface area is 103 Å². The Hall–Kier alpha value is -1.40. The highest BCUT2D eigenvalue weighted by molar-refractivity contribution is 7.09. The molecule has 6 heteroatoms. The molecular weight excluding hydrogens is 240 g/mol. The molecule has 0 spiro atoms. The van der Waals surface area contributed by atoms with Crippen LogP contribution >= 0.6 is 11.3 Å². The van der Waals surface area contributed by atoms with Crippen molar-refractivity contribution in [1.82, 2.24) is 10.4 Å². The standard InChI is InChI=1S/C11H14N2O3S/c1-11(2)9(14)13(10(15)12-16-11)6-5-8-4-3-7-17-8/h3-4,7H,5-6H2,1-2H3,(H,12,15). The van der Waals surface area contributed by atoms with Crippen molar-refractivity contribution in [3.05, 3.63) is 22.4 Å². The van der Waals surface area contributed by atoms with Crippen LogP contribution in [0.1, 0.15) is 18.7 Å². The van der Waals surface area contributed by atoms with Crippen molar-refractivity contribution in [2.45, 2.75) is 25.9 Å². The van der Waals surface area contributed by atoms with Crippen molar-refractivity contribution in [3.63, 3.8) is 0 Å². The van der Waals surface area contributed by atoms with Gasteiger partial charge in [-0.3, -0.25) is 14.5 Å². The molecule has 5 nitrogen and oxygen atoms in total. The molecular formula is C11H14N2O3S. The second-order valence-corrected chi connectivity index (χ2v) is 5.34. The van der Waals surface area contributed by atoms with E-state index < -0.39 is 11.6 Å². The minimum atomic E-state index is -0.997. The summed E-state index contributed by atoms with van der Waals surface area (Å²) in [5, 5.41) is 1.97. The number of hydrogen-bond acceptors (Lipinski definition) is 4. The molecule has 1 aliphatic rings. The zero-order valence-electron chi connectivity index (χ0n) is 9.73. The van der Waals surface area contributed by atoms with Gasteiger partial charge in [0.05, 0.1) is 0 Å². The molecule has 1 N–H and O–H groups in total. The molecule has 1 aromatic heterocycles. The SMILES string of the molecule is CC1(C)ONC(=O)N(CCc2cccs2)C1=O. The van der Waals surface area contributed by atoms with E-state index in [0.29, 0.717) is 13.0 Å². The van der Waals surface area contributed by atoms with E-state index in [2.05, 4.69) is 5.48 Å². The molecule has 92 valence electrons. The third kappa shape index (κ3) is 2.48. The Morgan fingerprint density at radius 2 is 2.24 bits per heavy atom. The molecule has 0 unspecified atom stereocenters. The van der Waals surface area contributed by atoms with Gasteiger partial charge in [0.1, 0.15) is 0 Å². The second-order valence-electron chi connectivity index (χ2n) is 4.31. The maximum atomic E-state index is 12.0. The number of carbonyl (C=O) groups excluding carboxylic acids is 2. The Kier molecular flexibility index (Phi) is 3.17. The summed E-state index contributed by atoms with van der Waals surface area (Å²) < 4.78 is 0. The average molecular weight is 254 g/mol. The Morgan fingerprint density at radius 3 is 2.88 bits per heavy atom. The van der Waals surface area contributed by atoms with E-state index in [9.17, 15) is 9.59 Å². The average Bonchev–Trinajstić information content (AvgIpc) is 2.77. The summed E-state index contributed by atoms with van der Waals surface area (Å²) in [6.45, 7) is 3.64. The summed E-state index contributed by atoms with van der Waals surface area (Å²) in [5.41, 5.74) is 1.26. The van der Waals surface area contributed by atoms with Crippen LogP contribution in [0.4, 0.5) is 4.79 Å². The van der Waals surface area contributed by atoms with E-state index in [1.54, 1.807) is 25.2 Å². The number of nitrogens with zero attached hydrogens (tertiary/aromatic N) is 1. The van der Waals surface area contributed by atoms with E-state index >= 15 is 0 Å². The van der Waals surface area contributed by atoms with Crippen molar-refractivity contribution in [3.8, 4) is 0 Å². The highest BCUT2D eigenvalue weighted by Crippen LogP contribution is 2.18. The summed E-state index contributed by atoms with van der Waals surface area (Å²) in [6.07, 6.45) is 0.674. The third-order valence-corrected chi connectivity index (χ3v) is 3.50. The highest BCUT2D eigenvalue weighted by atomic mass is 32.1. The number of carbonyl (C=O) groups is 2. The number of rotatable bonds is 3. The van der Waals surface area contributed by atoms with Crippen LogP contribution < -0.4 is 5.48 Å². The fraction of sp³-hybridized carbons (Fsp3) is 0.455. The van der Waals surface area contributed by atoms with Crippen molar-refractivity contribution < 1.29 is 14.4 Å². The number of hydrogen-bond donors (Lipinski definition) is 1. The van der Waals surface area contributed by atoms with Crippen LogP contribution in [-0.2, 0) is 16.1 Å². The molecule has 0 radical (unpaired) electrons. The summed E-state index contributed by atoms with van der Waals surface area (Å²) in [4.78, 5) is 30.8. The first kappa shape index (κ1) is 12.1. The van der Waals surface area contributed by atoms with Gasteiger partial charge >= 0.3 is 6.03 Å². The first-order valence-corrected chi connectivity index (χ1v) is 6.21. The van der Waals surface area contributed by atoms with Crippen LogP contribution in [0.15, 0.2) is 17.5 Å². The summed E-state index contributed by atoms with van der Waals surface area (Å²) in [7, 11) is 0. The fourth-order valence-electron chi connectivity index (χ4n) is 1.57. The number of urea groups is 1. The third-order valence-electron chi connectivity index (χ3n) is 2.56. The molecule has 2 heterocycles. The van der Waals surface area contributed by atoms with Gasteiger partial charge in [0, 0.05) is 11.4 Å². The smallest absolute Gasteiger partial charge is 0.271 e. The van der Waals surface area contributed by atoms with Gasteiger partial charge in [-0.25, -0.2) is 10.3 Å². The normalized spacial score (nSPS) is 19.3. The quantitative estimate of drug-likeness (QED) is 0.890. The van der Waals surface area contributed by atoms with E-state index in [1.165, 1.54) is 4.90 Å². The van der Waals surface area contributed by atoms with Crippen LogP contribution in [0, 0.1) is 0 Å². The zero-order chi connectivity index (χ0) is 12.5. The van der Waals surface area contributed by atoms with Crippen LogP contribution in [0.5, 0.6) is 0 Å². The van der Waals surface area contributed by atoms with Crippen LogP contribution in [0.3, 0.4) is 0 Å². The van der Waals surface area contributed by atoms with E-state index in [4.69, 9.17) is 4.84 Å². The maximum Gasteiger partial charge on any atom is 0.348 e. The minimum absolute atomic E-state index is 0.308. The van der Waals surface area contributed by atoms with E-state index in [-0.39, 0.29) is 5.91 Å². The maximum absolute atomic E-state index is 12.0. The molecule has 1 aliphatic heterocycles. The number of hydroxylamine groups is 1. The number of amides is 3. The zero-order valence-corrected chi connectivity index (χ0v) is 10.5. The van der Waals surface area contributed by atoms with Crippen molar-refractivity contribution >= 4 is 23.3 Å². The number of imide groups is 1. The fourth-order valence-corrected chi connectivity index (χ4v) is 2.27. The van der Waals surface area contributed by atoms with Gasteiger partial charge in [0.2, 0.25) is 0 Å². The molecule has 2 rings (SSSR count). The lowest BCUT2D eigenvalue weighted by Crippen LogP contribution is -2.60. The summed E-state index contributed by atoms with van der Waals surface area (Å²) in [6, 6.07) is 3.44. The van der Waals surface area contributed by atoms with Crippen molar-refractivity contribution in [1.29, 1.82) is 0 Å². The van der Waals surface area contributed by atoms with Gasteiger partial charge in [-0.2, -0.15) is 0 Å². The lowest BCUT2D eigenvalue weighted by Gasteiger charge is -2.35. The lowest BCUT2D eigenvalue weighted by molar-refractivity contribution is -0.167. The molecule has 0 aromatic carbocycles. The first-order valence-electron chi connectivity index (χ1n) is 5.33. The van der Waals surface area contributed by atoms with Gasteiger partial charge in [0.25, 0.3) is 5.91 Å². The van der Waals surface area contributed by atoms with E-state index in [1.807, 2.05) is 17.5 Å². The number of nitrogens with one attached hydrogen (secondary N) is 1. The second kappa shape index (κ2) is 4.46. The van der Waals surface area contributed by atoms with Gasteiger partial charge in [-0.15, -0.1) is 11.3 Å². The molecule has 0 bridgehead atoms. The molecule has 1 saturated heterocycles. The first-order chi connectivity index (χ1) is 8.00. The Balaban J connectivity index is 2.03. The molecule has 0 aliphatic carbocycles. The Bertz CT molecular complexity index is 428. The van der Waals surface area contributed by atoms with E-state index in [0.717, 1.165) is 4.88 Å².